The molecule has 1 aromatic heterocycles. The molecule has 1 atom stereocenters. The Morgan fingerprint density at radius 1 is 1.35 bits per heavy atom. The molecule has 0 bridgehead atoms. The Bertz CT molecular complexity index is 673. The molecule has 6 nitrogen and oxygen atoms in total. The number of aromatic nitrogens is 3. The molecule has 8 heteroatoms. The van der Waals surface area contributed by atoms with Gasteiger partial charge in [-0.3, -0.25) is 4.79 Å². The van der Waals surface area contributed by atoms with Crippen LogP contribution in [0.3, 0.4) is 0 Å². The van der Waals surface area contributed by atoms with Gasteiger partial charge in [0, 0.05) is 26.2 Å². The van der Waals surface area contributed by atoms with Crippen molar-refractivity contribution in [2.75, 3.05) is 14.1 Å². The highest BCUT2D eigenvalue weighted by molar-refractivity contribution is 8.00. The molecule has 0 fully saturated rings. The van der Waals surface area contributed by atoms with E-state index >= 15 is 0 Å². The smallest absolute Gasteiger partial charge is 0.235 e. The van der Waals surface area contributed by atoms with Crippen LogP contribution in [0.15, 0.2) is 29.4 Å². The van der Waals surface area contributed by atoms with Crippen LogP contribution in [0.1, 0.15) is 12.7 Å². The third kappa shape index (κ3) is 4.62. The summed E-state index contributed by atoms with van der Waals surface area (Å²) in [4.78, 5) is 13.5. The van der Waals surface area contributed by atoms with Gasteiger partial charge in [-0.1, -0.05) is 23.4 Å². The van der Waals surface area contributed by atoms with E-state index in [0.717, 1.165) is 0 Å². The Balaban J connectivity index is 1.98. The first-order chi connectivity index (χ1) is 10.9. The van der Waals surface area contributed by atoms with Gasteiger partial charge in [-0.2, -0.15) is 0 Å². The fraction of sp³-hybridized carbons (Fsp3) is 0.400. The second-order valence-corrected chi connectivity index (χ2v) is 6.94. The van der Waals surface area contributed by atoms with Gasteiger partial charge in [-0.25, -0.2) is 0 Å². The van der Waals surface area contributed by atoms with Gasteiger partial charge < -0.3 is 14.2 Å². The molecule has 0 aliphatic heterocycles. The highest BCUT2D eigenvalue weighted by Crippen LogP contribution is 2.23. The molecule has 1 aromatic carbocycles. The molecule has 0 radical (unpaired) electrons. The van der Waals surface area contributed by atoms with Crippen molar-refractivity contribution in [2.45, 2.75) is 23.9 Å². The highest BCUT2D eigenvalue weighted by Gasteiger charge is 2.20. The first-order valence-corrected chi connectivity index (χ1v) is 8.28. The van der Waals surface area contributed by atoms with E-state index in [9.17, 15) is 4.79 Å². The molecular weight excluding hydrogens is 336 g/mol. The molecular formula is C15H19ClN4O2S. The van der Waals surface area contributed by atoms with Crippen molar-refractivity contribution in [1.29, 1.82) is 0 Å². The number of carbonyl (C=O) groups is 1. The molecule has 2 rings (SSSR count). The zero-order valence-corrected chi connectivity index (χ0v) is 15.1. The molecule has 0 aliphatic carbocycles. The monoisotopic (exact) mass is 354 g/mol. The van der Waals surface area contributed by atoms with Gasteiger partial charge in [0.1, 0.15) is 12.4 Å². The largest absolute Gasteiger partial charge is 0.486 e. The number of ether oxygens (including phenoxy) is 1. The SMILES string of the molecule is C[C@@H](Sc1nnc(COc2ccc(Cl)cc2)n1C)C(=O)N(C)C. The average molecular weight is 355 g/mol. The maximum Gasteiger partial charge on any atom is 0.235 e. The number of nitrogens with zero attached hydrogens (tertiary/aromatic N) is 4. The van der Waals surface area contributed by atoms with E-state index in [1.54, 1.807) is 43.3 Å². The third-order valence-corrected chi connectivity index (χ3v) is 4.55. The van der Waals surface area contributed by atoms with Crippen LogP contribution in [-0.4, -0.2) is 44.9 Å². The Kier molecular flexibility index (Phi) is 5.90. The molecule has 0 unspecified atom stereocenters. The fourth-order valence-electron chi connectivity index (χ4n) is 1.82. The van der Waals surface area contributed by atoms with Gasteiger partial charge in [-0.15, -0.1) is 10.2 Å². The summed E-state index contributed by atoms with van der Waals surface area (Å²) in [6.45, 7) is 2.15. The van der Waals surface area contributed by atoms with Crippen LogP contribution in [-0.2, 0) is 18.4 Å². The lowest BCUT2D eigenvalue weighted by atomic mass is 10.3. The molecule has 0 N–H and O–H groups in total. The lowest BCUT2D eigenvalue weighted by molar-refractivity contribution is -0.127. The van der Waals surface area contributed by atoms with Gasteiger partial charge in [0.05, 0.1) is 5.25 Å². The van der Waals surface area contributed by atoms with Gasteiger partial charge in [0.15, 0.2) is 11.0 Å². The van der Waals surface area contributed by atoms with Crippen LogP contribution in [0.5, 0.6) is 5.75 Å². The molecule has 0 spiro atoms. The van der Waals surface area contributed by atoms with E-state index in [1.807, 2.05) is 18.5 Å². The van der Waals surface area contributed by atoms with Gasteiger partial charge >= 0.3 is 0 Å². The second kappa shape index (κ2) is 7.70. The van der Waals surface area contributed by atoms with E-state index < -0.39 is 0 Å². The van der Waals surface area contributed by atoms with Crippen molar-refractivity contribution in [3.05, 3.63) is 35.1 Å². The minimum atomic E-state index is -0.224. The lowest BCUT2D eigenvalue weighted by Crippen LogP contribution is -2.29. The van der Waals surface area contributed by atoms with Crippen LogP contribution in [0.4, 0.5) is 0 Å². The van der Waals surface area contributed by atoms with Crippen LogP contribution < -0.4 is 4.74 Å². The Hall–Kier alpha value is -1.73. The van der Waals surface area contributed by atoms with Gasteiger partial charge in [0.2, 0.25) is 5.91 Å². The number of hydrogen-bond donors (Lipinski definition) is 0. The second-order valence-electron chi connectivity index (χ2n) is 5.19. The third-order valence-electron chi connectivity index (χ3n) is 3.18. The quantitative estimate of drug-likeness (QED) is 0.746. The van der Waals surface area contributed by atoms with Crippen molar-refractivity contribution >= 4 is 29.3 Å². The van der Waals surface area contributed by atoms with E-state index in [2.05, 4.69) is 10.2 Å². The van der Waals surface area contributed by atoms with Crippen molar-refractivity contribution in [3.8, 4) is 5.75 Å². The first kappa shape index (κ1) is 17.6. The molecule has 1 heterocycles. The highest BCUT2D eigenvalue weighted by atomic mass is 35.5. The summed E-state index contributed by atoms with van der Waals surface area (Å²) in [7, 11) is 5.33. The molecule has 0 saturated heterocycles. The van der Waals surface area contributed by atoms with Crippen LogP contribution in [0.25, 0.3) is 0 Å². The lowest BCUT2D eigenvalue weighted by Gasteiger charge is -2.15. The number of amides is 1. The van der Waals surface area contributed by atoms with Crippen LogP contribution in [0.2, 0.25) is 5.02 Å². The molecule has 2 aromatic rings. The summed E-state index contributed by atoms with van der Waals surface area (Å²) in [5, 5.41) is 9.37. The van der Waals surface area contributed by atoms with E-state index in [4.69, 9.17) is 16.3 Å². The van der Waals surface area contributed by atoms with Gasteiger partial charge in [-0.05, 0) is 31.2 Å². The standard InChI is InChI=1S/C15H19ClN4O2S/c1-10(14(21)19(2)3)23-15-18-17-13(20(15)4)9-22-12-7-5-11(16)6-8-12/h5-8,10H,9H2,1-4H3/t10-/m1/s1. The van der Waals surface area contributed by atoms with Crippen molar-refractivity contribution in [3.63, 3.8) is 0 Å². The number of benzene rings is 1. The minimum absolute atomic E-state index is 0.0389. The van der Waals surface area contributed by atoms with Gasteiger partial charge in [0.25, 0.3) is 0 Å². The zero-order chi connectivity index (χ0) is 17.0. The van der Waals surface area contributed by atoms with Crippen LogP contribution >= 0.6 is 23.4 Å². The maximum absolute atomic E-state index is 11.9. The Morgan fingerprint density at radius 3 is 2.61 bits per heavy atom. The van der Waals surface area contributed by atoms with E-state index in [-0.39, 0.29) is 11.2 Å². The minimum Gasteiger partial charge on any atom is -0.486 e. The normalized spacial score (nSPS) is 12.0. The molecule has 23 heavy (non-hydrogen) atoms. The number of carbonyl (C=O) groups excluding carboxylic acids is 1. The van der Waals surface area contributed by atoms with Crippen molar-refractivity contribution < 1.29 is 9.53 Å². The predicted molar refractivity (Wildman–Crippen MR) is 90.8 cm³/mol. The van der Waals surface area contributed by atoms with E-state index in [0.29, 0.717) is 28.4 Å². The molecule has 1 amide bonds. The topological polar surface area (TPSA) is 60.3 Å². The maximum atomic E-state index is 11.9. The summed E-state index contributed by atoms with van der Waals surface area (Å²) in [6, 6.07) is 7.13. The number of thioether (sulfide) groups is 1. The fourth-order valence-corrected chi connectivity index (χ4v) is 2.93. The Labute approximate surface area is 144 Å². The van der Waals surface area contributed by atoms with Crippen molar-refractivity contribution in [1.82, 2.24) is 19.7 Å². The number of halogens is 1. The summed E-state index contributed by atoms with van der Waals surface area (Å²) in [6.07, 6.45) is 0. The predicted octanol–water partition coefficient (Wildman–Crippen LogP) is 2.62. The van der Waals surface area contributed by atoms with Crippen molar-refractivity contribution in [2.24, 2.45) is 7.05 Å². The number of rotatable bonds is 6. The number of hydrogen-bond acceptors (Lipinski definition) is 5. The van der Waals surface area contributed by atoms with Crippen LogP contribution in [0, 0.1) is 0 Å². The summed E-state index contributed by atoms with van der Waals surface area (Å²) in [5.74, 6) is 1.44. The van der Waals surface area contributed by atoms with E-state index in [1.165, 1.54) is 11.8 Å². The molecule has 124 valence electrons. The zero-order valence-electron chi connectivity index (χ0n) is 13.5. The first-order valence-electron chi connectivity index (χ1n) is 7.03. The summed E-state index contributed by atoms with van der Waals surface area (Å²) >= 11 is 7.21. The molecule has 0 saturated carbocycles. The molecule has 0 aliphatic rings. The average Bonchev–Trinajstić information content (AvgIpc) is 2.86. The Morgan fingerprint density at radius 2 is 2.00 bits per heavy atom. The summed E-state index contributed by atoms with van der Waals surface area (Å²) < 4.78 is 7.50. The summed E-state index contributed by atoms with van der Waals surface area (Å²) in [5.41, 5.74) is 0.